The molecule has 0 fully saturated rings. The lowest BCUT2D eigenvalue weighted by molar-refractivity contribution is -0.141. The normalized spacial score (nSPS) is 10.9. The number of halogens is 1. The Labute approximate surface area is 162 Å². The van der Waals surface area contributed by atoms with Crippen LogP contribution in [0.25, 0.3) is 0 Å². The van der Waals surface area contributed by atoms with Crippen LogP contribution in [0.3, 0.4) is 0 Å². The van der Waals surface area contributed by atoms with Crippen molar-refractivity contribution in [2.24, 2.45) is 0 Å². The zero-order valence-electron chi connectivity index (χ0n) is 14.8. The third-order valence-electron chi connectivity index (χ3n) is 3.46. The molecule has 0 atom stereocenters. The molecule has 144 valence electrons. The maximum absolute atomic E-state index is 13.1. The highest BCUT2D eigenvalue weighted by Crippen LogP contribution is 2.30. The van der Waals surface area contributed by atoms with E-state index in [-0.39, 0.29) is 28.1 Å². The Morgan fingerprint density at radius 1 is 1.11 bits per heavy atom. The van der Waals surface area contributed by atoms with Crippen molar-refractivity contribution in [3.63, 3.8) is 0 Å². The molecule has 0 aliphatic heterocycles. The number of ether oxygens (including phenoxy) is 1. The molecular formula is C18H19ClN2O5S. The van der Waals surface area contributed by atoms with Crippen LogP contribution in [-0.4, -0.2) is 33.4 Å². The van der Waals surface area contributed by atoms with Crippen molar-refractivity contribution in [1.29, 1.82) is 0 Å². The van der Waals surface area contributed by atoms with Gasteiger partial charge in [-0.2, -0.15) is 0 Å². The number of nitrogens with one attached hydrogen (secondary N) is 1. The van der Waals surface area contributed by atoms with E-state index in [9.17, 15) is 18.0 Å². The van der Waals surface area contributed by atoms with E-state index in [1.165, 1.54) is 43.3 Å². The number of rotatable bonds is 7. The lowest BCUT2D eigenvalue weighted by Gasteiger charge is -2.24. The van der Waals surface area contributed by atoms with Gasteiger partial charge in [-0.1, -0.05) is 23.7 Å². The predicted octanol–water partition coefficient (Wildman–Crippen LogP) is 3.06. The average Bonchev–Trinajstić information content (AvgIpc) is 2.60. The summed E-state index contributed by atoms with van der Waals surface area (Å²) in [6.45, 7) is 2.59. The minimum absolute atomic E-state index is 0.0548. The van der Waals surface area contributed by atoms with Crippen molar-refractivity contribution in [2.75, 3.05) is 22.8 Å². The molecule has 2 aromatic carbocycles. The van der Waals surface area contributed by atoms with Crippen molar-refractivity contribution in [3.8, 4) is 0 Å². The van der Waals surface area contributed by atoms with Crippen molar-refractivity contribution >= 4 is 44.9 Å². The van der Waals surface area contributed by atoms with Gasteiger partial charge in [0.15, 0.2) is 0 Å². The zero-order valence-corrected chi connectivity index (χ0v) is 16.4. The first-order valence-corrected chi connectivity index (χ1v) is 9.88. The molecule has 2 aromatic rings. The fourth-order valence-electron chi connectivity index (χ4n) is 2.32. The van der Waals surface area contributed by atoms with Crippen molar-refractivity contribution in [2.45, 2.75) is 18.7 Å². The molecular weight excluding hydrogens is 392 g/mol. The van der Waals surface area contributed by atoms with Gasteiger partial charge in [0.1, 0.15) is 6.54 Å². The van der Waals surface area contributed by atoms with Crippen LogP contribution in [0.1, 0.15) is 13.8 Å². The van der Waals surface area contributed by atoms with Gasteiger partial charge >= 0.3 is 5.97 Å². The number of hydrogen-bond acceptors (Lipinski definition) is 5. The van der Waals surface area contributed by atoms with E-state index in [0.29, 0.717) is 5.69 Å². The first kappa shape index (κ1) is 20.7. The first-order valence-electron chi connectivity index (χ1n) is 8.06. The summed E-state index contributed by atoms with van der Waals surface area (Å²) >= 11 is 6.15. The Morgan fingerprint density at radius 3 is 2.30 bits per heavy atom. The largest absolute Gasteiger partial charge is 0.465 e. The summed E-state index contributed by atoms with van der Waals surface area (Å²) < 4.78 is 32.1. The van der Waals surface area contributed by atoms with Crippen LogP contribution in [0.4, 0.5) is 11.4 Å². The molecule has 0 aliphatic rings. The number of hydrogen-bond donors (Lipinski definition) is 1. The Hall–Kier alpha value is -2.58. The number of amides is 1. The summed E-state index contributed by atoms with van der Waals surface area (Å²) in [5, 5.41) is 2.74. The smallest absolute Gasteiger partial charge is 0.326 e. The standard InChI is InChI=1S/C18H19ClN2O5S/c1-3-26-18(23)12-21(17-7-5-4-6-16(17)19)27(24,25)15-10-8-14(9-11-15)20-13(2)22/h4-11H,3,12H2,1-2H3,(H,20,22). The number of esters is 1. The molecule has 0 aliphatic carbocycles. The van der Waals surface area contributed by atoms with E-state index in [4.69, 9.17) is 16.3 Å². The van der Waals surface area contributed by atoms with Crippen LogP contribution >= 0.6 is 11.6 Å². The number of para-hydroxylation sites is 1. The van der Waals surface area contributed by atoms with Crippen LogP contribution in [0, 0.1) is 0 Å². The van der Waals surface area contributed by atoms with Crippen LogP contribution in [0.15, 0.2) is 53.4 Å². The summed E-state index contributed by atoms with van der Waals surface area (Å²) in [6.07, 6.45) is 0. The van der Waals surface area contributed by atoms with Crippen molar-refractivity contribution in [3.05, 3.63) is 53.6 Å². The second kappa shape index (κ2) is 8.88. The summed E-state index contributed by atoms with van der Waals surface area (Å²) in [5.74, 6) is -0.971. The summed E-state index contributed by atoms with van der Waals surface area (Å²) in [7, 11) is -4.10. The van der Waals surface area contributed by atoms with Gasteiger partial charge in [0, 0.05) is 12.6 Å². The SMILES string of the molecule is CCOC(=O)CN(c1ccccc1Cl)S(=O)(=O)c1ccc(NC(C)=O)cc1. The highest BCUT2D eigenvalue weighted by Gasteiger charge is 2.29. The van der Waals surface area contributed by atoms with E-state index in [0.717, 1.165) is 4.31 Å². The van der Waals surface area contributed by atoms with Gasteiger partial charge in [-0.15, -0.1) is 0 Å². The third kappa shape index (κ3) is 5.21. The van der Waals surface area contributed by atoms with Gasteiger partial charge in [0.2, 0.25) is 5.91 Å². The first-order chi connectivity index (χ1) is 12.8. The Balaban J connectivity index is 2.45. The Kier molecular flexibility index (Phi) is 6.81. The maximum Gasteiger partial charge on any atom is 0.326 e. The number of carbonyl (C=O) groups excluding carboxylic acids is 2. The van der Waals surface area contributed by atoms with Crippen LogP contribution in [-0.2, 0) is 24.3 Å². The summed E-state index contributed by atoms with van der Waals surface area (Å²) in [4.78, 5) is 23.0. The molecule has 2 rings (SSSR count). The Bertz CT molecular complexity index is 929. The highest BCUT2D eigenvalue weighted by atomic mass is 35.5. The van der Waals surface area contributed by atoms with Gasteiger partial charge in [-0.05, 0) is 43.3 Å². The molecule has 0 radical (unpaired) electrons. The van der Waals surface area contributed by atoms with Crippen LogP contribution < -0.4 is 9.62 Å². The predicted molar refractivity (Wildman–Crippen MR) is 103 cm³/mol. The van der Waals surface area contributed by atoms with Gasteiger partial charge < -0.3 is 10.1 Å². The van der Waals surface area contributed by atoms with Gasteiger partial charge in [-0.25, -0.2) is 8.42 Å². The number of sulfonamides is 1. The zero-order chi connectivity index (χ0) is 20.0. The Morgan fingerprint density at radius 2 is 1.74 bits per heavy atom. The van der Waals surface area contributed by atoms with Crippen molar-refractivity contribution < 1.29 is 22.7 Å². The molecule has 0 saturated carbocycles. The highest BCUT2D eigenvalue weighted by molar-refractivity contribution is 7.92. The second-order valence-corrected chi connectivity index (χ2v) is 7.74. The number of carbonyl (C=O) groups is 2. The van der Waals surface area contributed by atoms with Gasteiger partial charge in [0.25, 0.3) is 10.0 Å². The van der Waals surface area contributed by atoms with Gasteiger partial charge in [-0.3, -0.25) is 13.9 Å². The summed E-state index contributed by atoms with van der Waals surface area (Å²) in [6, 6.07) is 11.9. The lowest BCUT2D eigenvalue weighted by atomic mass is 10.3. The minimum atomic E-state index is -4.10. The van der Waals surface area contributed by atoms with E-state index in [1.54, 1.807) is 19.1 Å². The quantitative estimate of drug-likeness (QED) is 0.708. The molecule has 0 spiro atoms. The fraction of sp³-hybridized carbons (Fsp3) is 0.222. The lowest BCUT2D eigenvalue weighted by Crippen LogP contribution is -2.36. The monoisotopic (exact) mass is 410 g/mol. The molecule has 0 bridgehead atoms. The molecule has 1 amide bonds. The van der Waals surface area contributed by atoms with E-state index >= 15 is 0 Å². The van der Waals surface area contributed by atoms with Crippen LogP contribution in [0.2, 0.25) is 5.02 Å². The van der Waals surface area contributed by atoms with Crippen LogP contribution in [0.5, 0.6) is 0 Å². The van der Waals surface area contributed by atoms with E-state index < -0.39 is 22.5 Å². The maximum atomic E-state index is 13.1. The van der Waals surface area contributed by atoms with Gasteiger partial charge in [0.05, 0.1) is 22.2 Å². The molecule has 1 N–H and O–H groups in total. The average molecular weight is 411 g/mol. The molecule has 0 unspecified atom stereocenters. The molecule has 0 saturated heterocycles. The minimum Gasteiger partial charge on any atom is -0.465 e. The fourth-order valence-corrected chi connectivity index (χ4v) is 4.03. The third-order valence-corrected chi connectivity index (χ3v) is 5.56. The second-order valence-electron chi connectivity index (χ2n) is 5.47. The summed E-state index contributed by atoms with van der Waals surface area (Å²) in [5.41, 5.74) is 0.620. The number of anilines is 2. The van der Waals surface area contributed by atoms with E-state index in [2.05, 4.69) is 5.32 Å². The molecule has 9 heteroatoms. The van der Waals surface area contributed by atoms with Crippen molar-refractivity contribution in [1.82, 2.24) is 0 Å². The topological polar surface area (TPSA) is 92.8 Å². The number of nitrogens with zero attached hydrogens (tertiary/aromatic N) is 1. The van der Waals surface area contributed by atoms with E-state index in [1.807, 2.05) is 0 Å². The molecule has 27 heavy (non-hydrogen) atoms. The number of benzene rings is 2. The molecule has 0 heterocycles. The molecule has 0 aromatic heterocycles. The molecule has 7 nitrogen and oxygen atoms in total.